The van der Waals surface area contributed by atoms with Crippen LogP contribution in [0.4, 0.5) is 8.78 Å². The Morgan fingerprint density at radius 2 is 1.95 bits per heavy atom. The van der Waals surface area contributed by atoms with Crippen molar-refractivity contribution in [2.75, 3.05) is 6.54 Å². The van der Waals surface area contributed by atoms with Crippen molar-refractivity contribution in [1.82, 2.24) is 4.72 Å². The van der Waals surface area contributed by atoms with Crippen molar-refractivity contribution in [3.63, 3.8) is 0 Å². The largest absolute Gasteiger partial charge is 0.479 e. The third-order valence-corrected chi connectivity index (χ3v) is 3.65. The topological polar surface area (TPSA) is 104 Å². The summed E-state index contributed by atoms with van der Waals surface area (Å²) in [6.45, 7) is -0.352. The average molecular weight is 295 g/mol. The molecule has 1 rings (SSSR count). The van der Waals surface area contributed by atoms with E-state index >= 15 is 0 Å². The fourth-order valence-electron chi connectivity index (χ4n) is 1.18. The van der Waals surface area contributed by atoms with Crippen LogP contribution in [0.5, 0.6) is 0 Å². The van der Waals surface area contributed by atoms with Gasteiger partial charge in [-0.3, -0.25) is 0 Å². The van der Waals surface area contributed by atoms with Gasteiger partial charge in [0.15, 0.2) is 17.7 Å². The normalized spacial score (nSPS) is 13.2. The van der Waals surface area contributed by atoms with Crippen LogP contribution in [-0.2, 0) is 14.8 Å². The third-order valence-electron chi connectivity index (χ3n) is 2.20. The van der Waals surface area contributed by atoms with Gasteiger partial charge < -0.3 is 10.2 Å². The predicted molar refractivity (Wildman–Crippen MR) is 59.8 cm³/mol. The van der Waals surface area contributed by atoms with Crippen molar-refractivity contribution in [3.05, 3.63) is 29.8 Å². The molecule has 0 amide bonds. The summed E-state index contributed by atoms with van der Waals surface area (Å²) < 4.78 is 50.7. The maximum absolute atomic E-state index is 12.9. The molecular weight excluding hydrogens is 284 g/mol. The van der Waals surface area contributed by atoms with Crippen molar-refractivity contribution in [3.8, 4) is 0 Å². The van der Waals surface area contributed by atoms with Crippen molar-refractivity contribution < 1.29 is 32.2 Å². The zero-order valence-corrected chi connectivity index (χ0v) is 10.3. The monoisotopic (exact) mass is 295 g/mol. The first kappa shape index (κ1) is 15.5. The van der Waals surface area contributed by atoms with Gasteiger partial charge in [0.25, 0.3) is 0 Å². The van der Waals surface area contributed by atoms with E-state index in [9.17, 15) is 22.0 Å². The second-order valence-electron chi connectivity index (χ2n) is 3.62. The molecule has 0 aliphatic carbocycles. The molecule has 1 aromatic rings. The molecule has 6 nitrogen and oxygen atoms in total. The maximum atomic E-state index is 12.9. The van der Waals surface area contributed by atoms with E-state index in [1.165, 1.54) is 0 Å². The van der Waals surface area contributed by atoms with Crippen LogP contribution in [-0.4, -0.2) is 37.2 Å². The summed E-state index contributed by atoms with van der Waals surface area (Å²) in [5.74, 6) is -3.97. The number of sulfonamides is 1. The molecule has 0 bridgehead atoms. The zero-order chi connectivity index (χ0) is 14.6. The van der Waals surface area contributed by atoms with Crippen LogP contribution in [0.1, 0.15) is 6.42 Å². The summed E-state index contributed by atoms with van der Waals surface area (Å²) in [7, 11) is -4.08. The second-order valence-corrected chi connectivity index (χ2v) is 5.38. The van der Waals surface area contributed by atoms with Crippen molar-refractivity contribution in [2.45, 2.75) is 17.4 Å². The molecule has 106 valence electrons. The lowest BCUT2D eigenvalue weighted by Crippen LogP contribution is -2.30. The van der Waals surface area contributed by atoms with Gasteiger partial charge in [-0.15, -0.1) is 0 Å². The van der Waals surface area contributed by atoms with E-state index in [0.29, 0.717) is 12.1 Å². The molecule has 3 N–H and O–H groups in total. The van der Waals surface area contributed by atoms with Gasteiger partial charge in [0, 0.05) is 6.54 Å². The Labute approximate surface area is 107 Å². The highest BCUT2D eigenvalue weighted by Crippen LogP contribution is 2.13. The second kappa shape index (κ2) is 6.04. The van der Waals surface area contributed by atoms with Crippen molar-refractivity contribution >= 4 is 16.0 Å². The summed E-state index contributed by atoms with van der Waals surface area (Å²) in [6.07, 6.45) is -2.05. The SMILES string of the molecule is O=C(O)[C@@H](O)CCNS(=O)(=O)c1ccc(F)c(F)c1. The summed E-state index contributed by atoms with van der Waals surface area (Å²) in [5, 5.41) is 17.3. The molecular formula is C10H11F2NO5S. The minimum atomic E-state index is -4.08. The van der Waals surface area contributed by atoms with Crippen LogP contribution in [0, 0.1) is 11.6 Å². The van der Waals surface area contributed by atoms with E-state index in [4.69, 9.17) is 10.2 Å². The highest BCUT2D eigenvalue weighted by Gasteiger charge is 2.18. The number of aliphatic hydroxyl groups excluding tert-OH is 1. The summed E-state index contributed by atoms with van der Waals surface area (Å²) in [6, 6.07) is 2.04. The lowest BCUT2D eigenvalue weighted by molar-refractivity contribution is -0.146. The standard InChI is InChI=1S/C10H11F2NO5S/c11-7-2-1-6(5-8(7)12)19(17,18)13-4-3-9(14)10(15)16/h1-2,5,9,13-14H,3-4H2,(H,15,16)/t9-/m0/s1. The highest BCUT2D eigenvalue weighted by molar-refractivity contribution is 7.89. The van der Waals surface area contributed by atoms with Gasteiger partial charge >= 0.3 is 5.97 Å². The number of nitrogens with one attached hydrogen (secondary N) is 1. The number of aliphatic hydroxyl groups is 1. The fourth-order valence-corrected chi connectivity index (χ4v) is 2.24. The van der Waals surface area contributed by atoms with Gasteiger partial charge in [-0.05, 0) is 24.6 Å². The van der Waals surface area contributed by atoms with E-state index in [-0.39, 0.29) is 13.0 Å². The Balaban J connectivity index is 2.71. The van der Waals surface area contributed by atoms with Gasteiger partial charge in [0.1, 0.15) is 0 Å². The quantitative estimate of drug-likeness (QED) is 0.689. The lowest BCUT2D eigenvalue weighted by Gasteiger charge is -2.08. The average Bonchev–Trinajstić information content (AvgIpc) is 2.32. The molecule has 0 aliphatic rings. The predicted octanol–water partition coefficient (Wildman–Crippen LogP) is 0.0787. The molecule has 0 saturated carbocycles. The molecule has 19 heavy (non-hydrogen) atoms. The minimum Gasteiger partial charge on any atom is -0.479 e. The fraction of sp³-hybridized carbons (Fsp3) is 0.300. The van der Waals surface area contributed by atoms with E-state index in [1.807, 2.05) is 4.72 Å². The Bertz CT molecular complexity index is 575. The number of rotatable bonds is 6. The number of carboxylic acid groups (broad SMARTS) is 1. The van der Waals surface area contributed by atoms with Gasteiger partial charge in [0.2, 0.25) is 10.0 Å². The van der Waals surface area contributed by atoms with Crippen LogP contribution in [0.25, 0.3) is 0 Å². The molecule has 0 aromatic heterocycles. The maximum Gasteiger partial charge on any atom is 0.332 e. The summed E-state index contributed by atoms with van der Waals surface area (Å²) >= 11 is 0. The number of aliphatic carboxylic acids is 1. The zero-order valence-electron chi connectivity index (χ0n) is 9.51. The molecule has 0 radical (unpaired) electrons. The van der Waals surface area contributed by atoms with Gasteiger partial charge in [-0.25, -0.2) is 26.7 Å². The van der Waals surface area contributed by atoms with Crippen LogP contribution in [0.15, 0.2) is 23.1 Å². The first-order valence-electron chi connectivity index (χ1n) is 5.09. The Hall–Kier alpha value is -1.58. The molecule has 1 atom stereocenters. The summed E-state index contributed by atoms with van der Waals surface area (Å²) in [5.41, 5.74) is 0. The van der Waals surface area contributed by atoms with Crippen LogP contribution < -0.4 is 4.72 Å². The number of carbonyl (C=O) groups is 1. The van der Waals surface area contributed by atoms with Crippen LogP contribution >= 0.6 is 0 Å². The minimum absolute atomic E-state index is 0.349. The van der Waals surface area contributed by atoms with Gasteiger partial charge in [-0.2, -0.15) is 0 Å². The van der Waals surface area contributed by atoms with Crippen LogP contribution in [0.3, 0.4) is 0 Å². The van der Waals surface area contributed by atoms with E-state index in [0.717, 1.165) is 6.07 Å². The third kappa shape index (κ3) is 4.23. The molecule has 0 fully saturated rings. The van der Waals surface area contributed by atoms with Gasteiger partial charge in [0.05, 0.1) is 4.90 Å². The molecule has 0 unspecified atom stereocenters. The van der Waals surface area contributed by atoms with Crippen LogP contribution in [0.2, 0.25) is 0 Å². The number of benzene rings is 1. The molecule has 9 heteroatoms. The summed E-state index contributed by atoms with van der Waals surface area (Å²) in [4.78, 5) is 9.80. The van der Waals surface area contributed by atoms with Crippen molar-refractivity contribution in [2.24, 2.45) is 0 Å². The first-order valence-corrected chi connectivity index (χ1v) is 6.58. The first-order chi connectivity index (χ1) is 8.74. The van der Waals surface area contributed by atoms with Gasteiger partial charge in [-0.1, -0.05) is 0 Å². The number of halogens is 2. The molecule has 1 aromatic carbocycles. The van der Waals surface area contributed by atoms with E-state index < -0.39 is 38.6 Å². The number of hydrogen-bond acceptors (Lipinski definition) is 4. The molecule has 0 spiro atoms. The Morgan fingerprint density at radius 1 is 1.32 bits per heavy atom. The molecule has 0 saturated heterocycles. The number of carboxylic acids is 1. The molecule has 0 heterocycles. The lowest BCUT2D eigenvalue weighted by atomic mass is 10.3. The Kier molecular flexibility index (Phi) is 4.92. The van der Waals surface area contributed by atoms with E-state index in [2.05, 4.69) is 0 Å². The molecule has 0 aliphatic heterocycles. The van der Waals surface area contributed by atoms with E-state index in [1.54, 1.807) is 0 Å². The van der Waals surface area contributed by atoms with Crippen molar-refractivity contribution in [1.29, 1.82) is 0 Å². The number of hydrogen-bond donors (Lipinski definition) is 3. The smallest absolute Gasteiger partial charge is 0.332 e. The Morgan fingerprint density at radius 3 is 2.47 bits per heavy atom. The highest BCUT2D eigenvalue weighted by atomic mass is 32.2.